The minimum absolute atomic E-state index is 0.0673. The molecule has 2 aromatic rings. The van der Waals surface area contributed by atoms with Crippen molar-refractivity contribution < 1.29 is 4.39 Å². The van der Waals surface area contributed by atoms with Gasteiger partial charge in [0.1, 0.15) is 5.82 Å². The Morgan fingerprint density at radius 3 is 2.62 bits per heavy atom. The van der Waals surface area contributed by atoms with Crippen molar-refractivity contribution in [3.63, 3.8) is 0 Å². The summed E-state index contributed by atoms with van der Waals surface area (Å²) < 4.78 is 15.7. The highest BCUT2D eigenvalue weighted by Gasteiger charge is 2.17. The highest BCUT2D eigenvalue weighted by molar-refractivity contribution is 6.30. The van der Waals surface area contributed by atoms with Crippen molar-refractivity contribution >= 4 is 11.6 Å². The van der Waals surface area contributed by atoms with Crippen LogP contribution in [0.15, 0.2) is 18.2 Å². The fourth-order valence-corrected chi connectivity index (χ4v) is 2.66. The molecular weight excluding hydrogens is 291 g/mol. The Morgan fingerprint density at radius 2 is 2.10 bits per heavy atom. The van der Waals surface area contributed by atoms with Crippen molar-refractivity contribution in [2.24, 2.45) is 12.9 Å². The predicted molar refractivity (Wildman–Crippen MR) is 82.6 cm³/mol. The summed E-state index contributed by atoms with van der Waals surface area (Å²) in [7, 11) is 1.91. The zero-order valence-corrected chi connectivity index (χ0v) is 13.2. The third kappa shape index (κ3) is 3.61. The Bertz CT molecular complexity index is 639. The molecule has 21 heavy (non-hydrogen) atoms. The molecule has 0 bridgehead atoms. The summed E-state index contributed by atoms with van der Waals surface area (Å²) in [4.78, 5) is 0. The molecule has 1 unspecified atom stereocenters. The van der Waals surface area contributed by atoms with Gasteiger partial charge in [0.05, 0.1) is 5.69 Å². The molecule has 1 heterocycles. The fraction of sp³-hybridized carbons (Fsp3) is 0.400. The summed E-state index contributed by atoms with van der Waals surface area (Å²) in [6.45, 7) is 3.99. The van der Waals surface area contributed by atoms with Crippen molar-refractivity contribution in [3.05, 3.63) is 51.6 Å². The molecule has 0 fully saturated rings. The van der Waals surface area contributed by atoms with E-state index in [4.69, 9.17) is 17.4 Å². The van der Waals surface area contributed by atoms with Gasteiger partial charge in [0.15, 0.2) is 0 Å². The monoisotopic (exact) mass is 310 g/mol. The highest BCUT2D eigenvalue weighted by Crippen LogP contribution is 2.19. The minimum atomic E-state index is -0.303. The van der Waals surface area contributed by atoms with E-state index >= 15 is 0 Å². The average molecular weight is 311 g/mol. The smallest absolute Gasteiger partial charge is 0.127 e. The minimum Gasteiger partial charge on any atom is -0.272 e. The number of nitrogens with one attached hydrogen (secondary N) is 1. The number of aryl methyl sites for hydroxylation is 2. The molecule has 0 aliphatic heterocycles. The Labute approximate surface area is 129 Å². The zero-order valence-electron chi connectivity index (χ0n) is 12.5. The van der Waals surface area contributed by atoms with Gasteiger partial charge in [-0.3, -0.25) is 16.0 Å². The molecule has 2 rings (SSSR count). The molecule has 6 heteroatoms. The maximum Gasteiger partial charge on any atom is 0.127 e. The Balaban J connectivity index is 2.17. The van der Waals surface area contributed by atoms with E-state index in [-0.39, 0.29) is 11.9 Å². The number of hydrogen-bond donors (Lipinski definition) is 2. The zero-order chi connectivity index (χ0) is 15.6. The number of aromatic nitrogens is 2. The molecule has 4 nitrogen and oxygen atoms in total. The Morgan fingerprint density at radius 1 is 1.38 bits per heavy atom. The maximum absolute atomic E-state index is 13.9. The summed E-state index contributed by atoms with van der Waals surface area (Å²) in [6, 6.07) is 4.65. The van der Waals surface area contributed by atoms with Crippen LogP contribution in [0.3, 0.4) is 0 Å². The number of nitrogens with two attached hydrogens (primary N) is 1. The van der Waals surface area contributed by atoms with Gasteiger partial charge in [0.2, 0.25) is 0 Å². The molecule has 0 amide bonds. The Kier molecular flexibility index (Phi) is 4.98. The molecular formula is C15H20ClFN4. The summed E-state index contributed by atoms with van der Waals surface area (Å²) >= 11 is 5.77. The molecule has 0 aliphatic carbocycles. The van der Waals surface area contributed by atoms with Gasteiger partial charge < -0.3 is 0 Å². The standard InChI is InChI=1S/C15H20ClFN4/c1-9-14(10(2)21(3)20-9)8-13(19-18)6-11-4-5-12(16)7-15(11)17/h4-5,7,13,19H,6,8,18H2,1-3H3. The van der Waals surface area contributed by atoms with Crippen LogP contribution in [0, 0.1) is 19.7 Å². The molecule has 0 saturated heterocycles. The molecule has 3 N–H and O–H groups in total. The lowest BCUT2D eigenvalue weighted by atomic mass is 9.98. The van der Waals surface area contributed by atoms with Crippen LogP contribution in [0.2, 0.25) is 5.02 Å². The molecule has 114 valence electrons. The van der Waals surface area contributed by atoms with Gasteiger partial charge in [-0.25, -0.2) is 4.39 Å². The van der Waals surface area contributed by atoms with Crippen LogP contribution in [0.25, 0.3) is 0 Å². The van der Waals surface area contributed by atoms with Crippen LogP contribution in [-0.2, 0) is 19.9 Å². The molecule has 0 saturated carbocycles. The van der Waals surface area contributed by atoms with E-state index in [9.17, 15) is 4.39 Å². The number of hydrazine groups is 1. The van der Waals surface area contributed by atoms with Crippen molar-refractivity contribution in [1.82, 2.24) is 15.2 Å². The summed E-state index contributed by atoms with van der Waals surface area (Å²) in [5, 5.41) is 4.79. The summed E-state index contributed by atoms with van der Waals surface area (Å²) in [5.74, 6) is 5.33. The second-order valence-electron chi connectivity index (χ2n) is 5.28. The first-order chi connectivity index (χ1) is 9.92. The third-order valence-corrected chi connectivity index (χ3v) is 4.06. The van der Waals surface area contributed by atoms with Crippen LogP contribution in [-0.4, -0.2) is 15.8 Å². The van der Waals surface area contributed by atoms with Crippen molar-refractivity contribution in [2.75, 3.05) is 0 Å². The molecule has 1 aromatic heterocycles. The van der Waals surface area contributed by atoms with E-state index in [1.165, 1.54) is 6.07 Å². The average Bonchev–Trinajstić information content (AvgIpc) is 2.67. The fourth-order valence-electron chi connectivity index (χ4n) is 2.50. The first-order valence-electron chi connectivity index (χ1n) is 6.81. The molecule has 0 radical (unpaired) electrons. The molecule has 0 spiro atoms. The molecule has 0 aliphatic rings. The quantitative estimate of drug-likeness (QED) is 0.659. The van der Waals surface area contributed by atoms with Gasteiger partial charge in [-0.05, 0) is 49.9 Å². The lowest BCUT2D eigenvalue weighted by molar-refractivity contribution is 0.505. The number of benzene rings is 1. The van der Waals surface area contributed by atoms with Crippen LogP contribution < -0.4 is 11.3 Å². The summed E-state index contributed by atoms with van der Waals surface area (Å²) in [6.07, 6.45) is 1.19. The highest BCUT2D eigenvalue weighted by atomic mass is 35.5. The second-order valence-corrected chi connectivity index (χ2v) is 5.72. The van der Waals surface area contributed by atoms with E-state index < -0.39 is 0 Å². The number of nitrogens with zero attached hydrogens (tertiary/aromatic N) is 2. The van der Waals surface area contributed by atoms with Crippen molar-refractivity contribution in [2.45, 2.75) is 32.7 Å². The van der Waals surface area contributed by atoms with E-state index in [1.807, 2.05) is 25.6 Å². The van der Waals surface area contributed by atoms with E-state index in [1.54, 1.807) is 12.1 Å². The Hall–Kier alpha value is -1.43. The first kappa shape index (κ1) is 15.9. The number of rotatable bonds is 5. The number of halogens is 2. The van der Waals surface area contributed by atoms with Crippen molar-refractivity contribution in [1.29, 1.82) is 0 Å². The van der Waals surface area contributed by atoms with Crippen LogP contribution in [0.5, 0.6) is 0 Å². The van der Waals surface area contributed by atoms with Gasteiger partial charge in [0, 0.05) is 23.8 Å². The van der Waals surface area contributed by atoms with E-state index in [0.29, 0.717) is 23.4 Å². The van der Waals surface area contributed by atoms with Gasteiger partial charge >= 0.3 is 0 Å². The van der Waals surface area contributed by atoms with Crippen LogP contribution in [0.1, 0.15) is 22.5 Å². The van der Waals surface area contributed by atoms with Crippen LogP contribution in [0.4, 0.5) is 4.39 Å². The lowest BCUT2D eigenvalue weighted by Crippen LogP contribution is -2.38. The predicted octanol–water partition coefficient (Wildman–Crippen LogP) is 2.45. The van der Waals surface area contributed by atoms with E-state index in [2.05, 4.69) is 10.5 Å². The maximum atomic E-state index is 13.9. The van der Waals surface area contributed by atoms with Gasteiger partial charge in [-0.2, -0.15) is 5.10 Å². The number of hydrogen-bond acceptors (Lipinski definition) is 3. The normalized spacial score (nSPS) is 12.7. The van der Waals surface area contributed by atoms with Crippen molar-refractivity contribution in [3.8, 4) is 0 Å². The topological polar surface area (TPSA) is 55.9 Å². The SMILES string of the molecule is Cc1nn(C)c(C)c1CC(Cc1ccc(Cl)cc1F)NN. The third-order valence-electron chi connectivity index (χ3n) is 3.83. The van der Waals surface area contributed by atoms with Gasteiger partial charge in [0.25, 0.3) is 0 Å². The van der Waals surface area contributed by atoms with Gasteiger partial charge in [-0.15, -0.1) is 0 Å². The molecule has 1 aromatic carbocycles. The van der Waals surface area contributed by atoms with Gasteiger partial charge in [-0.1, -0.05) is 17.7 Å². The molecule has 1 atom stereocenters. The summed E-state index contributed by atoms with van der Waals surface area (Å²) in [5.41, 5.74) is 6.59. The second kappa shape index (κ2) is 6.56. The first-order valence-corrected chi connectivity index (χ1v) is 7.19. The van der Waals surface area contributed by atoms with Crippen LogP contribution >= 0.6 is 11.6 Å². The lowest BCUT2D eigenvalue weighted by Gasteiger charge is -2.17. The van der Waals surface area contributed by atoms with E-state index in [0.717, 1.165) is 17.0 Å². The largest absolute Gasteiger partial charge is 0.272 e.